The van der Waals surface area contributed by atoms with E-state index in [9.17, 15) is 9.59 Å². The fraction of sp³-hybridized carbons (Fsp3) is 0.438. The molecule has 2 aliphatic rings. The summed E-state index contributed by atoms with van der Waals surface area (Å²) in [5.41, 5.74) is 9.85. The monoisotopic (exact) mass is 556 g/mol. The minimum atomic E-state index is -0.349. The summed E-state index contributed by atoms with van der Waals surface area (Å²) in [7, 11) is 1.63. The number of carbonyl (C=O) groups is 2. The lowest BCUT2D eigenvalue weighted by atomic mass is 9.84. The molecule has 4 atom stereocenters. The zero-order valence-electron chi connectivity index (χ0n) is 24.1. The van der Waals surface area contributed by atoms with E-state index in [1.165, 1.54) is 6.42 Å². The highest BCUT2D eigenvalue weighted by Crippen LogP contribution is 2.42. The van der Waals surface area contributed by atoms with Gasteiger partial charge < -0.3 is 26.0 Å². The lowest BCUT2D eigenvalue weighted by Gasteiger charge is -2.35. The van der Waals surface area contributed by atoms with Gasteiger partial charge in [0, 0.05) is 37.0 Å². The largest absolute Gasteiger partial charge is 0.399 e. The van der Waals surface area contributed by atoms with E-state index in [0.29, 0.717) is 36.1 Å². The second-order valence-electron chi connectivity index (χ2n) is 11.1. The highest BCUT2D eigenvalue weighted by molar-refractivity contribution is 5.95. The van der Waals surface area contributed by atoms with Crippen LogP contribution in [-0.4, -0.2) is 54.1 Å². The minimum absolute atomic E-state index is 0.0121. The van der Waals surface area contributed by atoms with E-state index in [-0.39, 0.29) is 29.9 Å². The van der Waals surface area contributed by atoms with Crippen molar-refractivity contribution in [3.05, 3.63) is 71.7 Å². The summed E-state index contributed by atoms with van der Waals surface area (Å²) < 4.78 is 5.12. The number of fused-ring (bicyclic) bond motifs is 1. The van der Waals surface area contributed by atoms with Gasteiger partial charge in [0.05, 0.1) is 18.3 Å². The molecule has 41 heavy (non-hydrogen) atoms. The summed E-state index contributed by atoms with van der Waals surface area (Å²) in [5.74, 6) is 1.67. The zero-order chi connectivity index (χ0) is 28.9. The van der Waals surface area contributed by atoms with E-state index in [1.54, 1.807) is 7.11 Å². The van der Waals surface area contributed by atoms with Crippen LogP contribution in [0.3, 0.4) is 0 Å². The molecule has 3 aromatic rings. The second kappa shape index (κ2) is 12.7. The number of methoxy groups -OCH3 is 1. The number of nitrogens with one attached hydrogen (secondary N) is 2. The number of carbonyl (C=O) groups excluding carboxylic acids is 2. The van der Waals surface area contributed by atoms with E-state index >= 15 is 0 Å². The maximum Gasteiger partial charge on any atom is 0.251 e. The maximum absolute atomic E-state index is 13.3. The normalized spacial score (nSPS) is 20.8. The highest BCUT2D eigenvalue weighted by Gasteiger charge is 2.45. The molecule has 2 heterocycles. The fourth-order valence-electron chi connectivity index (χ4n) is 6.19. The zero-order valence-corrected chi connectivity index (χ0v) is 24.1. The van der Waals surface area contributed by atoms with Gasteiger partial charge in [-0.15, -0.1) is 0 Å². The fourth-order valence-corrected chi connectivity index (χ4v) is 6.19. The summed E-state index contributed by atoms with van der Waals surface area (Å²) in [5, 5.41) is 6.13. The second-order valence-corrected chi connectivity index (χ2v) is 11.1. The van der Waals surface area contributed by atoms with Crippen molar-refractivity contribution in [1.82, 2.24) is 20.6 Å². The molecule has 0 bridgehead atoms. The molecule has 4 N–H and O–H groups in total. The number of ether oxygens (including phenoxy) is 1. The van der Waals surface area contributed by atoms with E-state index < -0.39 is 0 Å². The first-order valence-corrected chi connectivity index (χ1v) is 14.5. The SMILES string of the molecule is COCCNC(=O)[C@@H]1C[C@@H]2CCCC[C@@H]2N1c1cc([C@@H](C)NC(=O)c2ccc(-c3ccc(N)cc3)cc2)nc(C)n1. The van der Waals surface area contributed by atoms with Gasteiger partial charge in [0.2, 0.25) is 5.91 Å². The van der Waals surface area contributed by atoms with Crippen molar-refractivity contribution in [2.24, 2.45) is 5.92 Å². The molecule has 1 aliphatic heterocycles. The minimum Gasteiger partial charge on any atom is -0.399 e. The number of rotatable bonds is 9. The summed E-state index contributed by atoms with van der Waals surface area (Å²) in [6, 6.07) is 16.7. The van der Waals surface area contributed by atoms with Crippen LogP contribution < -0.4 is 21.3 Å². The third-order valence-corrected chi connectivity index (χ3v) is 8.29. The number of aryl methyl sites for hydroxylation is 1. The van der Waals surface area contributed by atoms with Crippen molar-refractivity contribution < 1.29 is 14.3 Å². The van der Waals surface area contributed by atoms with Crippen LogP contribution in [0.5, 0.6) is 0 Å². The number of anilines is 2. The van der Waals surface area contributed by atoms with Crippen molar-refractivity contribution in [3.63, 3.8) is 0 Å². The third-order valence-electron chi connectivity index (χ3n) is 8.29. The Morgan fingerprint density at radius 2 is 1.73 bits per heavy atom. The first-order chi connectivity index (χ1) is 19.8. The average molecular weight is 557 g/mol. The quantitative estimate of drug-likeness (QED) is 0.263. The molecular weight excluding hydrogens is 516 g/mol. The molecular formula is C32H40N6O3. The van der Waals surface area contributed by atoms with Gasteiger partial charge in [0.1, 0.15) is 17.7 Å². The van der Waals surface area contributed by atoms with Crippen LogP contribution in [0, 0.1) is 12.8 Å². The first kappa shape index (κ1) is 28.5. The lowest BCUT2D eigenvalue weighted by Crippen LogP contribution is -2.48. The van der Waals surface area contributed by atoms with Gasteiger partial charge >= 0.3 is 0 Å². The molecule has 9 nitrogen and oxygen atoms in total. The van der Waals surface area contributed by atoms with Crippen molar-refractivity contribution >= 4 is 23.3 Å². The number of hydrogen-bond acceptors (Lipinski definition) is 7. The number of nitrogens with two attached hydrogens (primary N) is 1. The Labute approximate surface area is 241 Å². The molecule has 0 radical (unpaired) electrons. The van der Waals surface area contributed by atoms with Gasteiger partial charge in [-0.3, -0.25) is 9.59 Å². The summed E-state index contributed by atoms with van der Waals surface area (Å²) in [6.07, 6.45) is 5.34. The highest BCUT2D eigenvalue weighted by atomic mass is 16.5. The van der Waals surface area contributed by atoms with E-state index in [0.717, 1.165) is 48.3 Å². The van der Waals surface area contributed by atoms with Gasteiger partial charge in [-0.25, -0.2) is 9.97 Å². The van der Waals surface area contributed by atoms with E-state index in [4.69, 9.17) is 15.5 Å². The first-order valence-electron chi connectivity index (χ1n) is 14.5. The molecule has 1 saturated heterocycles. The van der Waals surface area contributed by atoms with Crippen molar-refractivity contribution in [2.75, 3.05) is 30.9 Å². The molecule has 1 saturated carbocycles. The molecule has 2 fully saturated rings. The van der Waals surface area contributed by atoms with Crippen LogP contribution in [-0.2, 0) is 9.53 Å². The standard InChI is InChI=1S/C32H40N6O3/c1-20(35-31(39)24-10-8-22(9-11-24)23-12-14-26(33)15-13-23)27-19-30(37-21(2)36-27)38-28-7-5-4-6-25(28)18-29(38)32(40)34-16-17-41-3/h8-15,19-20,25,28-29H,4-7,16-18,33H2,1-3H3,(H,34,40)(H,35,39)/t20-,25+,28+,29+/m1/s1. The molecule has 2 aromatic carbocycles. The van der Waals surface area contributed by atoms with E-state index in [1.807, 2.05) is 68.4 Å². The Morgan fingerprint density at radius 1 is 1.05 bits per heavy atom. The van der Waals surface area contributed by atoms with Crippen LogP contribution in [0.4, 0.5) is 11.5 Å². The summed E-state index contributed by atoms with van der Waals surface area (Å²) in [6.45, 7) is 4.74. The van der Waals surface area contributed by atoms with Gasteiger partial charge in [-0.2, -0.15) is 0 Å². The van der Waals surface area contributed by atoms with Crippen LogP contribution in [0.25, 0.3) is 11.1 Å². The number of amides is 2. The molecule has 2 amide bonds. The topological polar surface area (TPSA) is 122 Å². The Bertz CT molecular complexity index is 1360. The maximum atomic E-state index is 13.3. The van der Waals surface area contributed by atoms with Crippen molar-refractivity contribution in [1.29, 1.82) is 0 Å². The Balaban J connectivity index is 1.33. The molecule has 0 unspecified atom stereocenters. The number of aromatic nitrogens is 2. The Morgan fingerprint density at radius 3 is 2.44 bits per heavy atom. The predicted octanol–water partition coefficient (Wildman–Crippen LogP) is 4.43. The van der Waals surface area contributed by atoms with Crippen molar-refractivity contribution in [3.8, 4) is 11.1 Å². The number of nitrogens with zero attached hydrogens (tertiary/aromatic N) is 3. The van der Waals surface area contributed by atoms with Crippen LogP contribution in [0.15, 0.2) is 54.6 Å². The number of benzene rings is 2. The molecule has 1 aliphatic carbocycles. The van der Waals surface area contributed by atoms with Gasteiger partial charge in [0.15, 0.2) is 0 Å². The predicted molar refractivity (Wildman–Crippen MR) is 160 cm³/mol. The summed E-state index contributed by atoms with van der Waals surface area (Å²) >= 11 is 0. The van der Waals surface area contributed by atoms with Gasteiger partial charge in [-0.1, -0.05) is 37.1 Å². The van der Waals surface area contributed by atoms with E-state index in [2.05, 4.69) is 20.5 Å². The van der Waals surface area contributed by atoms with Gasteiger partial charge in [-0.05, 0) is 74.4 Å². The smallest absolute Gasteiger partial charge is 0.251 e. The molecule has 0 spiro atoms. The lowest BCUT2D eigenvalue weighted by molar-refractivity contribution is -0.122. The summed E-state index contributed by atoms with van der Waals surface area (Å²) in [4.78, 5) is 38.1. The molecule has 1 aromatic heterocycles. The van der Waals surface area contributed by atoms with Crippen molar-refractivity contribution in [2.45, 2.75) is 64.1 Å². The number of nitrogen functional groups attached to an aromatic ring is 1. The van der Waals surface area contributed by atoms with Crippen LogP contribution >= 0.6 is 0 Å². The van der Waals surface area contributed by atoms with Crippen LogP contribution in [0.2, 0.25) is 0 Å². The third kappa shape index (κ3) is 6.51. The average Bonchev–Trinajstić information content (AvgIpc) is 3.37. The number of hydrogen-bond donors (Lipinski definition) is 3. The van der Waals surface area contributed by atoms with Crippen LogP contribution in [0.1, 0.15) is 66.9 Å². The molecule has 9 heteroatoms. The molecule has 216 valence electrons. The Hall–Kier alpha value is -3.98. The molecule has 5 rings (SSSR count). The van der Waals surface area contributed by atoms with Gasteiger partial charge in [0.25, 0.3) is 5.91 Å². The Kier molecular flexibility index (Phi) is 8.83.